The summed E-state index contributed by atoms with van der Waals surface area (Å²) in [5, 5.41) is 0. The van der Waals surface area contributed by atoms with Gasteiger partial charge in [0.25, 0.3) is 0 Å². The van der Waals surface area contributed by atoms with Crippen molar-refractivity contribution in [3.05, 3.63) is 128 Å². The van der Waals surface area contributed by atoms with Crippen LogP contribution >= 0.6 is 0 Å². The second-order valence-corrected chi connectivity index (χ2v) is 20.9. The Hall–Kier alpha value is -4.34. The van der Waals surface area contributed by atoms with E-state index in [-0.39, 0.29) is 13.6 Å². The molecule has 0 fully saturated rings. The van der Waals surface area contributed by atoms with E-state index in [1.807, 2.05) is 6.92 Å². The van der Waals surface area contributed by atoms with E-state index < -0.39 is 0 Å². The fourth-order valence-corrected chi connectivity index (χ4v) is 8.52. The Bertz CT molecular complexity index is 2060. The minimum atomic E-state index is 0.0418. The Morgan fingerprint density at radius 2 is 0.587 bits per heavy atom. The molecule has 0 unspecified atom stereocenters. The van der Waals surface area contributed by atoms with Crippen molar-refractivity contribution in [3.8, 4) is 23.0 Å². The number of hydrogen-bond acceptors (Lipinski definition) is 8. The number of hydrogen-bond donors (Lipinski definition) is 0. The van der Waals surface area contributed by atoms with Crippen LogP contribution in [0.1, 0.15) is 203 Å². The summed E-state index contributed by atoms with van der Waals surface area (Å²) in [4.78, 5) is 0. The minimum Gasteiger partial charge on any atom is -0.490 e. The van der Waals surface area contributed by atoms with Crippen LogP contribution in [0.4, 0.5) is 0 Å². The summed E-state index contributed by atoms with van der Waals surface area (Å²) in [5.41, 5.74) is 16.5. The summed E-state index contributed by atoms with van der Waals surface area (Å²) in [6.07, 6.45) is 44.9. The van der Waals surface area contributed by atoms with Crippen molar-refractivity contribution in [2.75, 3.05) is 68.5 Å². The van der Waals surface area contributed by atoms with E-state index in [0.29, 0.717) is 55.8 Å². The third-order valence-corrected chi connectivity index (χ3v) is 13.5. The van der Waals surface area contributed by atoms with Crippen LogP contribution in [0.5, 0.6) is 23.0 Å². The highest BCUT2D eigenvalue weighted by molar-refractivity contribution is 5.67. The van der Waals surface area contributed by atoms with Gasteiger partial charge in [-0.15, -0.1) is 0 Å². The van der Waals surface area contributed by atoms with E-state index in [2.05, 4.69) is 137 Å². The monoisotopic (exact) mass is 1040 g/mol. The Labute approximate surface area is 460 Å². The smallest absolute Gasteiger partial charge is 0.207 e. The molecule has 0 radical (unpaired) electrons. The molecule has 1 rings (SSSR count). The van der Waals surface area contributed by atoms with Crippen molar-refractivity contribution < 1.29 is 37.9 Å². The molecule has 0 aliphatic carbocycles. The molecule has 0 saturated carbocycles. The number of rotatable bonds is 43. The molecule has 8 heteroatoms. The molecule has 0 saturated heterocycles. The molecule has 8 nitrogen and oxygen atoms in total. The molecular weight excluding hydrogens is 933 g/mol. The second kappa shape index (κ2) is 43.7. The van der Waals surface area contributed by atoms with Crippen molar-refractivity contribution in [2.45, 2.75) is 205 Å². The molecule has 1 aromatic rings. The summed E-state index contributed by atoms with van der Waals surface area (Å²) in [5.74, 6) is 2.02. The molecule has 0 N–H and O–H groups in total. The van der Waals surface area contributed by atoms with Crippen LogP contribution in [-0.4, -0.2) is 68.5 Å². The topological polar surface area (TPSA) is 73.8 Å². The Morgan fingerprint density at radius 3 is 0.867 bits per heavy atom. The molecule has 0 spiro atoms. The van der Waals surface area contributed by atoms with E-state index in [4.69, 9.17) is 37.9 Å². The molecule has 424 valence electrons. The van der Waals surface area contributed by atoms with Gasteiger partial charge in [0.15, 0.2) is 25.1 Å². The van der Waals surface area contributed by atoms with Crippen molar-refractivity contribution in [2.24, 2.45) is 0 Å². The molecule has 0 heterocycles. The maximum absolute atomic E-state index is 6.20. The van der Waals surface area contributed by atoms with Crippen molar-refractivity contribution in [3.63, 3.8) is 0 Å². The van der Waals surface area contributed by atoms with E-state index in [1.165, 1.54) is 75.0 Å². The molecule has 0 atom stereocenters. The van der Waals surface area contributed by atoms with Crippen LogP contribution in [0.25, 0.3) is 0 Å². The van der Waals surface area contributed by atoms with Gasteiger partial charge in [0.2, 0.25) is 11.5 Å². The molecule has 0 aliphatic rings. The molecule has 0 aliphatic heterocycles. The fraction of sp³-hybridized carbons (Fsp3) is 0.612. The second-order valence-electron chi connectivity index (χ2n) is 20.9. The van der Waals surface area contributed by atoms with E-state index in [9.17, 15) is 0 Å². The minimum absolute atomic E-state index is 0.0418. The average molecular weight is 1040 g/mol. The van der Waals surface area contributed by atoms with Crippen LogP contribution in [0.15, 0.2) is 116 Å². The zero-order valence-electron chi connectivity index (χ0n) is 50.7. The first-order valence-electron chi connectivity index (χ1n) is 28.3. The highest BCUT2D eigenvalue weighted by atomic mass is 16.7. The van der Waals surface area contributed by atoms with Gasteiger partial charge in [-0.3, -0.25) is 0 Å². The number of ether oxygens (including phenoxy) is 8. The van der Waals surface area contributed by atoms with Gasteiger partial charge in [-0.05, 0) is 205 Å². The Balaban J connectivity index is 2.54. The average Bonchev–Trinajstić information content (AvgIpc) is 3.36. The van der Waals surface area contributed by atoms with Crippen LogP contribution < -0.4 is 18.9 Å². The first kappa shape index (κ1) is 68.7. The highest BCUT2D eigenvalue weighted by Crippen LogP contribution is 2.50. The van der Waals surface area contributed by atoms with Gasteiger partial charge in [-0.25, -0.2) is 0 Å². The summed E-state index contributed by atoms with van der Waals surface area (Å²) in [7, 11) is 6.47. The van der Waals surface area contributed by atoms with Crippen molar-refractivity contribution in [1.82, 2.24) is 0 Å². The zero-order chi connectivity index (χ0) is 55.6. The fourth-order valence-electron chi connectivity index (χ4n) is 8.52. The zero-order valence-corrected chi connectivity index (χ0v) is 50.7. The van der Waals surface area contributed by atoms with Gasteiger partial charge >= 0.3 is 0 Å². The lowest BCUT2D eigenvalue weighted by molar-refractivity contribution is -0.0124. The summed E-state index contributed by atoms with van der Waals surface area (Å²) in [6, 6.07) is 0. The highest BCUT2D eigenvalue weighted by Gasteiger charge is 2.26. The van der Waals surface area contributed by atoms with E-state index in [1.54, 1.807) is 28.4 Å². The van der Waals surface area contributed by atoms with Crippen LogP contribution in [0.3, 0.4) is 0 Å². The van der Waals surface area contributed by atoms with Crippen molar-refractivity contribution >= 4 is 0 Å². The summed E-state index contributed by atoms with van der Waals surface area (Å²) >= 11 is 0. The van der Waals surface area contributed by atoms with Crippen LogP contribution in [-0.2, 0) is 25.4 Å². The summed E-state index contributed by atoms with van der Waals surface area (Å²) in [6.45, 7) is 28.7. The lowest BCUT2D eigenvalue weighted by Crippen LogP contribution is -2.13. The lowest BCUT2D eigenvalue weighted by Gasteiger charge is -2.23. The van der Waals surface area contributed by atoms with Gasteiger partial charge in [0, 0.05) is 25.3 Å². The van der Waals surface area contributed by atoms with Gasteiger partial charge < -0.3 is 37.9 Å². The molecule has 1 aromatic carbocycles. The Morgan fingerprint density at radius 1 is 0.320 bits per heavy atom. The first-order chi connectivity index (χ1) is 36.1. The first-order valence-corrected chi connectivity index (χ1v) is 28.3. The standard InChI is InChI=1S/C67H108O8/c1-52(2)26-17-27-53(3)28-18-29-54(4)30-19-31-55(5)32-20-33-56(6)34-21-35-57(7)36-22-37-58(8)38-23-39-59(9)40-24-41-60(10)42-25-43-61(11)44-45-63-62(12)64(74-50-72-48-46-68-13)66(70-15)67(71-16)65(63)75-51-73-49-47-69-14/h26,28,30,32,34,36,38,40,42,44H,17-25,27,29,31,33,35,37,39,41,43,45-51H2,1-16H3/b53-28+,54-30+,55-32+,56-34+,57-36+,58-38+,59-40+,60-42+,61-44+. The van der Waals surface area contributed by atoms with Crippen molar-refractivity contribution in [1.29, 1.82) is 0 Å². The lowest BCUT2D eigenvalue weighted by atomic mass is 9.99. The van der Waals surface area contributed by atoms with Gasteiger partial charge in [0.1, 0.15) is 0 Å². The quantitative estimate of drug-likeness (QED) is 0.0364. The predicted molar refractivity (Wildman–Crippen MR) is 321 cm³/mol. The third kappa shape index (κ3) is 34.1. The maximum atomic E-state index is 6.20. The van der Waals surface area contributed by atoms with Crippen LogP contribution in [0.2, 0.25) is 0 Å². The SMILES string of the molecule is COCCOCOc1c(C)c(C/C=C(\C)CC/C=C(\C)CC/C=C(\C)CC/C=C(\C)CC/C=C(\C)CC/C=C(\C)CC/C=C(\C)CC/C=C(\C)CC/C=C(\C)CCC=C(C)C)c(OCOCCOC)c(OC)c1OC. The van der Waals surface area contributed by atoms with E-state index in [0.717, 1.165) is 107 Å². The van der Waals surface area contributed by atoms with Gasteiger partial charge in [-0.2, -0.15) is 0 Å². The maximum Gasteiger partial charge on any atom is 0.207 e. The molecule has 75 heavy (non-hydrogen) atoms. The number of benzene rings is 1. The molecule has 0 bridgehead atoms. The predicted octanol–water partition coefficient (Wildman–Crippen LogP) is 19.1. The summed E-state index contributed by atoms with van der Waals surface area (Å²) < 4.78 is 45.5. The van der Waals surface area contributed by atoms with Crippen LogP contribution in [0, 0.1) is 6.92 Å². The van der Waals surface area contributed by atoms with Gasteiger partial charge in [-0.1, -0.05) is 116 Å². The third-order valence-electron chi connectivity index (χ3n) is 13.5. The number of allylic oxidation sites excluding steroid dienone is 20. The molecule has 0 aromatic heterocycles. The normalized spacial score (nSPS) is 13.7. The number of methoxy groups -OCH3 is 4. The van der Waals surface area contributed by atoms with E-state index >= 15 is 0 Å². The Kier molecular flexibility index (Phi) is 40.0. The largest absolute Gasteiger partial charge is 0.490 e. The molecular formula is C67H108O8. The molecule has 0 amide bonds. The van der Waals surface area contributed by atoms with Gasteiger partial charge in [0.05, 0.1) is 40.6 Å².